The van der Waals surface area contributed by atoms with Crippen molar-refractivity contribution in [3.63, 3.8) is 0 Å². The predicted octanol–water partition coefficient (Wildman–Crippen LogP) is 4.60. The van der Waals surface area contributed by atoms with Crippen molar-refractivity contribution in [2.75, 3.05) is 5.32 Å². The standard InChI is InChI=1S/C19H24N4/c1-13-10-14(2)16(11-13)18-19(21-15-6-4-3-5-7-15)23-9-8-20-12-17(23)22-18/h8-10,12,15,21H,3-7,11H2,1-2H3. The van der Waals surface area contributed by atoms with Gasteiger partial charge in [-0.1, -0.05) is 30.9 Å². The van der Waals surface area contributed by atoms with Gasteiger partial charge >= 0.3 is 0 Å². The average molecular weight is 308 g/mol. The van der Waals surface area contributed by atoms with Gasteiger partial charge in [0.15, 0.2) is 5.65 Å². The lowest BCUT2D eigenvalue weighted by Gasteiger charge is -2.24. The first kappa shape index (κ1) is 14.5. The van der Waals surface area contributed by atoms with Gasteiger partial charge in [-0.15, -0.1) is 0 Å². The maximum atomic E-state index is 4.89. The Kier molecular flexibility index (Phi) is 3.68. The minimum atomic E-state index is 0.562. The summed E-state index contributed by atoms with van der Waals surface area (Å²) in [5.41, 5.74) is 6.13. The van der Waals surface area contributed by atoms with Gasteiger partial charge in [0.25, 0.3) is 0 Å². The van der Waals surface area contributed by atoms with Gasteiger partial charge in [0.05, 0.1) is 6.20 Å². The number of aromatic nitrogens is 3. The fourth-order valence-electron chi connectivity index (χ4n) is 3.89. The summed E-state index contributed by atoms with van der Waals surface area (Å²) < 4.78 is 2.16. The number of nitrogens with zero attached hydrogens (tertiary/aromatic N) is 3. The molecule has 2 aliphatic carbocycles. The molecule has 4 heteroatoms. The molecular formula is C19H24N4. The van der Waals surface area contributed by atoms with E-state index in [1.807, 2.05) is 18.6 Å². The lowest BCUT2D eigenvalue weighted by molar-refractivity contribution is 0.461. The molecule has 0 unspecified atom stereocenters. The van der Waals surface area contributed by atoms with Crippen molar-refractivity contribution >= 4 is 17.0 Å². The van der Waals surface area contributed by atoms with E-state index in [1.165, 1.54) is 48.8 Å². The summed E-state index contributed by atoms with van der Waals surface area (Å²) in [6.07, 6.45) is 15.5. The topological polar surface area (TPSA) is 42.2 Å². The van der Waals surface area contributed by atoms with Gasteiger partial charge in [-0.2, -0.15) is 0 Å². The predicted molar refractivity (Wildman–Crippen MR) is 94.5 cm³/mol. The zero-order valence-corrected chi connectivity index (χ0v) is 14.0. The van der Waals surface area contributed by atoms with Crippen LogP contribution in [0.1, 0.15) is 58.1 Å². The van der Waals surface area contributed by atoms with Crippen molar-refractivity contribution in [2.24, 2.45) is 0 Å². The molecule has 2 heterocycles. The van der Waals surface area contributed by atoms with Gasteiger partial charge in [0.2, 0.25) is 0 Å². The van der Waals surface area contributed by atoms with Gasteiger partial charge in [0, 0.05) is 18.4 Å². The molecule has 0 atom stereocenters. The van der Waals surface area contributed by atoms with Crippen molar-refractivity contribution in [2.45, 2.75) is 58.4 Å². The first-order valence-corrected chi connectivity index (χ1v) is 8.68. The third-order valence-electron chi connectivity index (χ3n) is 5.06. The first-order chi connectivity index (χ1) is 11.2. The Hall–Kier alpha value is -2.10. The van der Waals surface area contributed by atoms with Crippen LogP contribution in [0.3, 0.4) is 0 Å². The number of nitrogens with one attached hydrogen (secondary N) is 1. The summed E-state index contributed by atoms with van der Waals surface area (Å²) in [7, 11) is 0. The smallest absolute Gasteiger partial charge is 0.157 e. The van der Waals surface area contributed by atoms with Crippen LogP contribution in [-0.2, 0) is 0 Å². The molecule has 23 heavy (non-hydrogen) atoms. The number of imidazole rings is 1. The number of hydrogen-bond acceptors (Lipinski definition) is 3. The van der Waals surface area contributed by atoms with Crippen molar-refractivity contribution in [1.82, 2.24) is 14.4 Å². The summed E-state index contributed by atoms with van der Waals surface area (Å²) in [4.78, 5) is 9.13. The number of fused-ring (bicyclic) bond motifs is 1. The molecule has 0 aromatic carbocycles. The van der Waals surface area contributed by atoms with Gasteiger partial charge < -0.3 is 5.32 Å². The van der Waals surface area contributed by atoms with Crippen LogP contribution in [0.5, 0.6) is 0 Å². The lowest BCUT2D eigenvalue weighted by Crippen LogP contribution is -2.23. The summed E-state index contributed by atoms with van der Waals surface area (Å²) in [6, 6.07) is 0.562. The van der Waals surface area contributed by atoms with Crippen LogP contribution >= 0.6 is 0 Å². The Morgan fingerprint density at radius 3 is 2.74 bits per heavy atom. The third kappa shape index (κ3) is 2.67. The Morgan fingerprint density at radius 1 is 1.17 bits per heavy atom. The molecule has 0 radical (unpaired) electrons. The van der Waals surface area contributed by atoms with Gasteiger partial charge in [-0.3, -0.25) is 9.38 Å². The molecule has 2 aromatic heterocycles. The van der Waals surface area contributed by atoms with Crippen LogP contribution in [0.25, 0.3) is 11.2 Å². The molecule has 1 N–H and O–H groups in total. The minimum absolute atomic E-state index is 0.562. The first-order valence-electron chi connectivity index (χ1n) is 8.68. The largest absolute Gasteiger partial charge is 0.367 e. The summed E-state index contributed by atoms with van der Waals surface area (Å²) >= 11 is 0. The van der Waals surface area contributed by atoms with E-state index in [0.717, 1.165) is 23.6 Å². The van der Waals surface area contributed by atoms with Gasteiger partial charge in [-0.05, 0) is 44.3 Å². The lowest BCUT2D eigenvalue weighted by atomic mass is 9.95. The second-order valence-corrected chi connectivity index (χ2v) is 6.92. The quantitative estimate of drug-likeness (QED) is 0.901. The highest BCUT2D eigenvalue weighted by atomic mass is 15.2. The zero-order valence-electron chi connectivity index (χ0n) is 14.0. The highest BCUT2D eigenvalue weighted by Crippen LogP contribution is 2.37. The summed E-state index contributed by atoms with van der Waals surface area (Å²) in [6.45, 7) is 4.39. The number of rotatable bonds is 3. The fourth-order valence-corrected chi connectivity index (χ4v) is 3.89. The highest BCUT2D eigenvalue weighted by molar-refractivity contribution is 5.81. The van der Waals surface area contributed by atoms with Crippen LogP contribution in [0.4, 0.5) is 5.82 Å². The van der Waals surface area contributed by atoms with E-state index in [-0.39, 0.29) is 0 Å². The highest BCUT2D eigenvalue weighted by Gasteiger charge is 2.23. The van der Waals surface area contributed by atoms with E-state index >= 15 is 0 Å². The molecule has 1 saturated carbocycles. The van der Waals surface area contributed by atoms with Crippen molar-refractivity contribution < 1.29 is 0 Å². The molecule has 0 amide bonds. The number of allylic oxidation sites excluding steroid dienone is 4. The Balaban J connectivity index is 1.77. The van der Waals surface area contributed by atoms with Crippen LogP contribution < -0.4 is 5.32 Å². The van der Waals surface area contributed by atoms with Crippen LogP contribution in [-0.4, -0.2) is 20.4 Å². The van der Waals surface area contributed by atoms with E-state index in [0.29, 0.717) is 6.04 Å². The van der Waals surface area contributed by atoms with Crippen LogP contribution in [0, 0.1) is 0 Å². The van der Waals surface area contributed by atoms with Gasteiger partial charge in [-0.25, -0.2) is 4.98 Å². The molecule has 1 fully saturated rings. The Morgan fingerprint density at radius 2 is 2.00 bits per heavy atom. The summed E-state index contributed by atoms with van der Waals surface area (Å²) in [5, 5.41) is 3.80. The maximum Gasteiger partial charge on any atom is 0.157 e. The molecule has 120 valence electrons. The second kappa shape index (κ2) is 5.84. The normalized spacial score (nSPS) is 19.5. The number of anilines is 1. The molecule has 4 rings (SSSR count). The Labute approximate surface area is 137 Å². The fraction of sp³-hybridized carbons (Fsp3) is 0.474. The van der Waals surface area contributed by atoms with Crippen molar-refractivity contribution in [3.05, 3.63) is 41.5 Å². The second-order valence-electron chi connectivity index (χ2n) is 6.92. The third-order valence-corrected chi connectivity index (χ3v) is 5.06. The number of hydrogen-bond donors (Lipinski definition) is 1. The monoisotopic (exact) mass is 308 g/mol. The molecule has 4 nitrogen and oxygen atoms in total. The molecule has 0 aliphatic heterocycles. The van der Waals surface area contributed by atoms with E-state index in [9.17, 15) is 0 Å². The Bertz CT molecular complexity index is 791. The molecular weight excluding hydrogens is 284 g/mol. The van der Waals surface area contributed by atoms with E-state index in [2.05, 4.69) is 34.6 Å². The van der Waals surface area contributed by atoms with Crippen LogP contribution in [0.2, 0.25) is 0 Å². The molecule has 0 spiro atoms. The summed E-state index contributed by atoms with van der Waals surface area (Å²) in [5.74, 6) is 1.15. The molecule has 0 saturated heterocycles. The maximum absolute atomic E-state index is 4.89. The van der Waals surface area contributed by atoms with Crippen LogP contribution in [0.15, 0.2) is 35.8 Å². The van der Waals surface area contributed by atoms with Gasteiger partial charge in [0.1, 0.15) is 11.5 Å². The molecule has 2 aliphatic rings. The van der Waals surface area contributed by atoms with E-state index < -0.39 is 0 Å². The average Bonchev–Trinajstić information content (AvgIpc) is 3.08. The molecule has 0 bridgehead atoms. The van der Waals surface area contributed by atoms with Crippen molar-refractivity contribution in [1.29, 1.82) is 0 Å². The minimum Gasteiger partial charge on any atom is -0.367 e. The zero-order chi connectivity index (χ0) is 15.8. The molecule has 2 aromatic rings. The van der Waals surface area contributed by atoms with E-state index in [4.69, 9.17) is 4.98 Å². The SMILES string of the molecule is CC1=CC(C)=C(c2nc3cnccn3c2NC2CCCCC2)C1. The van der Waals surface area contributed by atoms with E-state index in [1.54, 1.807) is 0 Å². The van der Waals surface area contributed by atoms with Crippen molar-refractivity contribution in [3.8, 4) is 0 Å².